The van der Waals surface area contributed by atoms with E-state index in [1.165, 1.54) is 42.4 Å². The van der Waals surface area contributed by atoms with E-state index in [9.17, 15) is 20.2 Å². The van der Waals surface area contributed by atoms with Crippen LogP contribution in [0.2, 0.25) is 0 Å². The van der Waals surface area contributed by atoms with Crippen LogP contribution in [0.15, 0.2) is 48.5 Å². The molecule has 0 heterocycles. The Kier molecular flexibility index (Phi) is 19.4. The van der Waals surface area contributed by atoms with Crippen LogP contribution in [0.1, 0.15) is 33.6 Å². The molecule has 0 radical (unpaired) electrons. The van der Waals surface area contributed by atoms with E-state index in [1.54, 1.807) is 24.3 Å². The normalized spacial score (nSPS) is 9.12. The number of rotatable bonds is 7. The Labute approximate surface area is 218 Å². The topological polar surface area (TPSA) is 102 Å². The number of thiocarbonyl (C=S) groups is 1. The Morgan fingerprint density at radius 1 is 1.00 bits per heavy atom. The van der Waals surface area contributed by atoms with E-state index in [2.05, 4.69) is 19.2 Å². The summed E-state index contributed by atoms with van der Waals surface area (Å²) in [5.41, 5.74) is 2.00. The first kappa shape index (κ1) is 33.1. The van der Waals surface area contributed by atoms with Gasteiger partial charge in [0.25, 0.3) is 11.4 Å². The largest absolute Gasteiger partial charge is 1.00 e. The SMILES string of the molecule is CCN(C(=S)SC)c1ccc([N+](=O)[O-])cc1.CCNc1ccc([N+](=O)[O-])cc1.[CH2-]CCC.[Li+]. The molecule has 0 spiro atoms. The van der Waals surface area contributed by atoms with Crippen molar-refractivity contribution in [3.05, 3.63) is 75.7 Å². The van der Waals surface area contributed by atoms with Crippen molar-refractivity contribution in [2.75, 3.05) is 29.6 Å². The first-order valence-corrected chi connectivity index (χ1v) is 11.8. The van der Waals surface area contributed by atoms with Crippen molar-refractivity contribution < 1.29 is 28.7 Å². The summed E-state index contributed by atoms with van der Waals surface area (Å²) in [6.45, 7) is 11.3. The number of anilines is 2. The van der Waals surface area contributed by atoms with Gasteiger partial charge in [-0.2, -0.15) is 6.42 Å². The van der Waals surface area contributed by atoms with Crippen molar-refractivity contribution in [3.63, 3.8) is 0 Å². The molecular weight excluding hydrogens is 455 g/mol. The van der Waals surface area contributed by atoms with E-state index in [0.717, 1.165) is 35.2 Å². The molecule has 0 aromatic heterocycles. The van der Waals surface area contributed by atoms with Crippen molar-refractivity contribution in [3.8, 4) is 0 Å². The molecule has 2 rings (SSSR count). The Morgan fingerprint density at radius 3 is 1.73 bits per heavy atom. The van der Waals surface area contributed by atoms with Crippen molar-refractivity contribution in [1.29, 1.82) is 0 Å². The predicted molar refractivity (Wildman–Crippen MR) is 140 cm³/mol. The third-order valence-corrected chi connectivity index (χ3v) is 5.19. The fraction of sp³-hybridized carbons (Fsp3) is 0.364. The van der Waals surface area contributed by atoms with Gasteiger partial charge < -0.3 is 17.1 Å². The van der Waals surface area contributed by atoms with Crippen LogP contribution in [0.3, 0.4) is 0 Å². The molecule has 33 heavy (non-hydrogen) atoms. The summed E-state index contributed by atoms with van der Waals surface area (Å²) < 4.78 is 0.761. The van der Waals surface area contributed by atoms with E-state index in [-0.39, 0.29) is 30.2 Å². The van der Waals surface area contributed by atoms with Crippen molar-refractivity contribution in [2.24, 2.45) is 0 Å². The maximum atomic E-state index is 10.5. The summed E-state index contributed by atoms with van der Waals surface area (Å²) in [7, 11) is 0. The van der Waals surface area contributed by atoms with Gasteiger partial charge in [0.2, 0.25) is 0 Å². The maximum absolute atomic E-state index is 10.5. The Balaban J connectivity index is 0. The van der Waals surface area contributed by atoms with Crippen LogP contribution in [-0.2, 0) is 0 Å². The second-order valence-electron chi connectivity index (χ2n) is 6.18. The molecule has 0 amide bonds. The number of non-ortho nitro benzene ring substituents is 2. The number of unbranched alkanes of at least 4 members (excludes halogenated alkanes) is 1. The summed E-state index contributed by atoms with van der Waals surface area (Å²) in [6.07, 6.45) is 4.19. The molecule has 8 nitrogen and oxygen atoms in total. The summed E-state index contributed by atoms with van der Waals surface area (Å²) in [5, 5.41) is 23.8. The third-order valence-electron chi connectivity index (χ3n) is 3.90. The summed E-state index contributed by atoms with van der Waals surface area (Å²) in [6, 6.07) is 12.8. The van der Waals surface area contributed by atoms with Gasteiger partial charge in [-0.3, -0.25) is 20.2 Å². The molecule has 11 heteroatoms. The van der Waals surface area contributed by atoms with Gasteiger partial charge in [-0.1, -0.05) is 25.6 Å². The summed E-state index contributed by atoms with van der Waals surface area (Å²) in [4.78, 5) is 21.9. The minimum atomic E-state index is -0.410. The molecule has 2 aromatic carbocycles. The van der Waals surface area contributed by atoms with Crippen LogP contribution >= 0.6 is 24.0 Å². The molecule has 2 aromatic rings. The van der Waals surface area contributed by atoms with Gasteiger partial charge in [-0.25, -0.2) is 0 Å². The first-order valence-electron chi connectivity index (χ1n) is 10.1. The minimum Gasteiger partial charge on any atom is -0.385 e. The molecule has 1 N–H and O–H groups in total. The molecule has 0 atom stereocenters. The monoisotopic (exact) mass is 486 g/mol. The summed E-state index contributed by atoms with van der Waals surface area (Å²) in [5.74, 6) is 0. The predicted octanol–water partition coefficient (Wildman–Crippen LogP) is 3.72. The standard InChI is InChI=1S/C10H12N2O2S2.C8H10N2O2.C4H9.Li/c1-3-11(10(15)16-2)8-4-6-9(7-5-8)12(13)14;1-2-9-7-3-5-8(6-4-7)10(11)12;1-3-4-2;/h4-7H,3H2,1-2H3;3-6,9H,2H2,1H3;1,3-4H2,2H3;/q;;-1;+1. The number of thioether (sulfide) groups is 1. The molecule has 0 aliphatic carbocycles. The molecular formula is C22H31LiN4O4S2. The average molecular weight is 487 g/mol. The Hall–Kier alpha value is -2.12. The zero-order valence-corrected chi connectivity index (χ0v) is 21.6. The van der Waals surface area contributed by atoms with E-state index in [0.29, 0.717) is 0 Å². The van der Waals surface area contributed by atoms with E-state index >= 15 is 0 Å². The van der Waals surface area contributed by atoms with Crippen LogP contribution in [0.5, 0.6) is 0 Å². The molecule has 0 saturated heterocycles. The van der Waals surface area contributed by atoms with Gasteiger partial charge >= 0.3 is 18.9 Å². The number of nitro benzene ring substituents is 2. The van der Waals surface area contributed by atoms with Gasteiger partial charge in [-0.05, 0) is 44.4 Å². The average Bonchev–Trinajstić information content (AvgIpc) is 2.81. The zero-order valence-electron chi connectivity index (χ0n) is 19.9. The molecule has 176 valence electrons. The molecule has 0 aliphatic rings. The fourth-order valence-electron chi connectivity index (χ4n) is 2.19. The van der Waals surface area contributed by atoms with Crippen molar-refractivity contribution >= 4 is 51.0 Å². The van der Waals surface area contributed by atoms with Crippen LogP contribution in [0.4, 0.5) is 22.7 Å². The fourth-order valence-corrected chi connectivity index (χ4v) is 2.88. The number of nitro groups is 2. The summed E-state index contributed by atoms with van der Waals surface area (Å²) >= 11 is 6.68. The van der Waals surface area contributed by atoms with Crippen molar-refractivity contribution in [2.45, 2.75) is 33.6 Å². The van der Waals surface area contributed by atoms with Gasteiger partial charge in [-0.15, -0.1) is 11.8 Å². The maximum Gasteiger partial charge on any atom is 1.00 e. The number of hydrogen-bond donors (Lipinski definition) is 1. The number of benzene rings is 2. The van der Waals surface area contributed by atoms with E-state index in [4.69, 9.17) is 12.2 Å². The Bertz CT molecular complexity index is 835. The van der Waals surface area contributed by atoms with Crippen LogP contribution in [-0.4, -0.2) is 33.5 Å². The molecule has 0 bridgehead atoms. The second kappa shape index (κ2) is 19.4. The van der Waals surface area contributed by atoms with E-state index in [1.807, 2.05) is 25.0 Å². The van der Waals surface area contributed by atoms with E-state index < -0.39 is 9.85 Å². The first-order chi connectivity index (χ1) is 15.2. The minimum absolute atomic E-state index is 0. The number of hydrogen-bond acceptors (Lipinski definition) is 7. The van der Waals surface area contributed by atoms with Gasteiger partial charge in [0.1, 0.15) is 4.32 Å². The van der Waals surface area contributed by atoms with Crippen LogP contribution < -0.4 is 29.1 Å². The molecule has 0 saturated carbocycles. The molecule has 0 unspecified atom stereocenters. The van der Waals surface area contributed by atoms with Gasteiger partial charge in [0.15, 0.2) is 0 Å². The van der Waals surface area contributed by atoms with Crippen molar-refractivity contribution in [1.82, 2.24) is 0 Å². The van der Waals surface area contributed by atoms with Gasteiger partial charge in [0.05, 0.1) is 9.85 Å². The third kappa shape index (κ3) is 13.2. The van der Waals surface area contributed by atoms with Gasteiger partial charge in [0, 0.05) is 48.7 Å². The molecule has 0 fully saturated rings. The number of nitrogens with one attached hydrogen (secondary N) is 1. The zero-order chi connectivity index (χ0) is 24.5. The quantitative estimate of drug-likeness (QED) is 0.208. The second-order valence-corrected chi connectivity index (χ2v) is 7.62. The molecule has 0 aliphatic heterocycles. The Morgan fingerprint density at radius 2 is 1.42 bits per heavy atom. The van der Waals surface area contributed by atoms with Crippen LogP contribution in [0.25, 0.3) is 0 Å². The smallest absolute Gasteiger partial charge is 0.385 e. The van der Waals surface area contributed by atoms with Crippen LogP contribution in [0, 0.1) is 27.2 Å². The number of nitrogens with zero attached hydrogens (tertiary/aromatic N) is 3.